The van der Waals surface area contributed by atoms with Crippen molar-refractivity contribution in [3.8, 4) is 11.5 Å². The highest BCUT2D eigenvalue weighted by Gasteiger charge is 2.16. The van der Waals surface area contributed by atoms with Gasteiger partial charge < -0.3 is 20.3 Å². The largest absolute Gasteiger partial charge is 0.496 e. The first-order valence-corrected chi connectivity index (χ1v) is 5.76. The monoisotopic (exact) mass is 253 g/mol. The number of hydrogen-bond donors (Lipinski definition) is 2. The van der Waals surface area contributed by atoms with Crippen LogP contribution in [0.25, 0.3) is 0 Å². The molecule has 0 heterocycles. The van der Waals surface area contributed by atoms with Gasteiger partial charge in [0.05, 0.1) is 19.6 Å². The Morgan fingerprint density at radius 2 is 2.11 bits per heavy atom. The average Bonchev–Trinajstić information content (AvgIpc) is 2.26. The molecule has 1 aromatic carbocycles. The molecule has 0 aliphatic carbocycles. The summed E-state index contributed by atoms with van der Waals surface area (Å²) in [7, 11) is 1.52. The molecular weight excluding hydrogens is 234 g/mol. The lowest BCUT2D eigenvalue weighted by Gasteiger charge is -2.16. The van der Waals surface area contributed by atoms with Crippen LogP contribution in [-0.2, 0) is 4.79 Å². The molecule has 0 aliphatic heterocycles. The number of rotatable bonds is 6. The second-order valence-electron chi connectivity index (χ2n) is 4.27. The van der Waals surface area contributed by atoms with E-state index in [9.17, 15) is 4.79 Å². The van der Waals surface area contributed by atoms with Crippen LogP contribution in [0.4, 0.5) is 0 Å². The van der Waals surface area contributed by atoms with Crippen molar-refractivity contribution in [1.82, 2.24) is 0 Å². The van der Waals surface area contributed by atoms with Crippen molar-refractivity contribution in [2.75, 3.05) is 7.11 Å². The van der Waals surface area contributed by atoms with Crippen LogP contribution in [0.2, 0.25) is 0 Å². The van der Waals surface area contributed by atoms with Gasteiger partial charge in [-0.15, -0.1) is 0 Å². The number of ether oxygens (including phenoxy) is 2. The number of hydrogen-bond acceptors (Lipinski definition) is 4. The van der Waals surface area contributed by atoms with Gasteiger partial charge in [-0.05, 0) is 19.9 Å². The zero-order valence-corrected chi connectivity index (χ0v) is 10.8. The van der Waals surface area contributed by atoms with E-state index in [0.717, 1.165) is 0 Å². The van der Waals surface area contributed by atoms with Gasteiger partial charge in [0.15, 0.2) is 0 Å². The molecule has 100 valence electrons. The minimum atomic E-state index is -0.938. The Morgan fingerprint density at radius 3 is 2.61 bits per heavy atom. The first kappa shape index (κ1) is 14.3. The normalized spacial score (nSPS) is 12.3. The standard InChI is InChI=1S/C13H19NO4/c1-8(2)18-9-4-5-10(12(6-9)17-3)11(14)7-13(15)16/h4-6,8,11H,7,14H2,1-3H3,(H,15,16). The summed E-state index contributed by atoms with van der Waals surface area (Å²) in [5.41, 5.74) is 6.48. The lowest BCUT2D eigenvalue weighted by molar-refractivity contribution is -0.137. The van der Waals surface area contributed by atoms with E-state index in [4.69, 9.17) is 20.3 Å². The van der Waals surface area contributed by atoms with Gasteiger partial charge in [-0.1, -0.05) is 6.07 Å². The number of aliphatic carboxylic acids is 1. The van der Waals surface area contributed by atoms with E-state index >= 15 is 0 Å². The fraction of sp³-hybridized carbons (Fsp3) is 0.462. The van der Waals surface area contributed by atoms with Crippen LogP contribution >= 0.6 is 0 Å². The molecule has 0 radical (unpaired) electrons. The second kappa shape index (κ2) is 6.26. The smallest absolute Gasteiger partial charge is 0.305 e. The highest BCUT2D eigenvalue weighted by Crippen LogP contribution is 2.30. The van der Waals surface area contributed by atoms with Crippen molar-refractivity contribution in [3.63, 3.8) is 0 Å². The second-order valence-corrected chi connectivity index (χ2v) is 4.27. The number of carboxylic acid groups (broad SMARTS) is 1. The fourth-order valence-electron chi connectivity index (χ4n) is 1.64. The maximum absolute atomic E-state index is 10.6. The average molecular weight is 253 g/mol. The van der Waals surface area contributed by atoms with Gasteiger partial charge in [0.1, 0.15) is 11.5 Å². The van der Waals surface area contributed by atoms with Crippen molar-refractivity contribution in [1.29, 1.82) is 0 Å². The van der Waals surface area contributed by atoms with Crippen molar-refractivity contribution in [2.24, 2.45) is 5.73 Å². The minimum absolute atomic E-state index is 0.0632. The van der Waals surface area contributed by atoms with Crippen LogP contribution < -0.4 is 15.2 Å². The van der Waals surface area contributed by atoms with Crippen LogP contribution in [0, 0.1) is 0 Å². The van der Waals surface area contributed by atoms with Crippen LogP contribution in [0.15, 0.2) is 18.2 Å². The van der Waals surface area contributed by atoms with Crippen molar-refractivity contribution >= 4 is 5.97 Å². The van der Waals surface area contributed by atoms with Crippen molar-refractivity contribution in [3.05, 3.63) is 23.8 Å². The van der Waals surface area contributed by atoms with Crippen LogP contribution in [0.3, 0.4) is 0 Å². The number of methoxy groups -OCH3 is 1. The van der Waals surface area contributed by atoms with E-state index in [1.54, 1.807) is 18.2 Å². The van der Waals surface area contributed by atoms with Crippen molar-refractivity contribution in [2.45, 2.75) is 32.4 Å². The third-order valence-corrected chi connectivity index (χ3v) is 2.37. The van der Waals surface area contributed by atoms with E-state index in [1.807, 2.05) is 13.8 Å². The Balaban J connectivity index is 2.95. The predicted octanol–water partition coefficient (Wildman–Crippen LogP) is 1.96. The van der Waals surface area contributed by atoms with Gasteiger partial charge in [-0.25, -0.2) is 0 Å². The number of nitrogens with two attached hydrogens (primary N) is 1. The van der Waals surface area contributed by atoms with E-state index in [-0.39, 0.29) is 12.5 Å². The van der Waals surface area contributed by atoms with E-state index in [0.29, 0.717) is 17.1 Å². The molecule has 0 amide bonds. The third kappa shape index (κ3) is 3.92. The SMILES string of the molecule is COc1cc(OC(C)C)ccc1C(N)CC(=O)O. The summed E-state index contributed by atoms with van der Waals surface area (Å²) in [5.74, 6) is 0.280. The van der Waals surface area contributed by atoms with E-state index in [2.05, 4.69) is 0 Å². The minimum Gasteiger partial charge on any atom is -0.496 e. The molecule has 0 bridgehead atoms. The fourth-order valence-corrected chi connectivity index (χ4v) is 1.64. The molecule has 1 atom stereocenters. The van der Waals surface area contributed by atoms with E-state index in [1.165, 1.54) is 7.11 Å². The van der Waals surface area contributed by atoms with Gasteiger partial charge in [-0.2, -0.15) is 0 Å². The number of carboxylic acids is 1. The maximum atomic E-state index is 10.6. The third-order valence-electron chi connectivity index (χ3n) is 2.37. The topological polar surface area (TPSA) is 81.8 Å². The summed E-state index contributed by atoms with van der Waals surface area (Å²) in [4.78, 5) is 10.6. The summed E-state index contributed by atoms with van der Waals surface area (Å²) in [6, 6.07) is 4.63. The lowest BCUT2D eigenvalue weighted by Crippen LogP contribution is -2.16. The first-order valence-electron chi connectivity index (χ1n) is 5.76. The number of benzene rings is 1. The predicted molar refractivity (Wildman–Crippen MR) is 67.9 cm³/mol. The highest BCUT2D eigenvalue weighted by molar-refractivity contribution is 5.68. The Hall–Kier alpha value is -1.75. The molecule has 0 spiro atoms. The zero-order valence-electron chi connectivity index (χ0n) is 10.8. The Labute approximate surface area is 107 Å². The molecule has 1 rings (SSSR count). The molecule has 1 unspecified atom stereocenters. The Bertz CT molecular complexity index is 417. The molecule has 0 aromatic heterocycles. The Morgan fingerprint density at radius 1 is 1.44 bits per heavy atom. The van der Waals surface area contributed by atoms with Crippen LogP contribution in [0.1, 0.15) is 31.9 Å². The van der Waals surface area contributed by atoms with Crippen LogP contribution in [-0.4, -0.2) is 24.3 Å². The van der Waals surface area contributed by atoms with E-state index < -0.39 is 12.0 Å². The van der Waals surface area contributed by atoms with Gasteiger partial charge >= 0.3 is 5.97 Å². The molecular formula is C13H19NO4. The molecule has 0 saturated heterocycles. The van der Waals surface area contributed by atoms with Gasteiger partial charge in [0.25, 0.3) is 0 Å². The number of carbonyl (C=O) groups is 1. The molecule has 3 N–H and O–H groups in total. The summed E-state index contributed by atoms with van der Waals surface area (Å²) < 4.78 is 10.8. The molecule has 0 fully saturated rings. The summed E-state index contributed by atoms with van der Waals surface area (Å²) in [6.07, 6.45) is -0.0750. The van der Waals surface area contributed by atoms with Crippen LogP contribution in [0.5, 0.6) is 11.5 Å². The molecule has 0 aliphatic rings. The first-order chi connectivity index (χ1) is 8.43. The highest BCUT2D eigenvalue weighted by atomic mass is 16.5. The lowest BCUT2D eigenvalue weighted by atomic mass is 10.0. The molecule has 5 nitrogen and oxygen atoms in total. The maximum Gasteiger partial charge on any atom is 0.305 e. The van der Waals surface area contributed by atoms with Crippen molar-refractivity contribution < 1.29 is 19.4 Å². The molecule has 18 heavy (non-hydrogen) atoms. The van der Waals surface area contributed by atoms with Gasteiger partial charge in [0.2, 0.25) is 0 Å². The molecule has 5 heteroatoms. The molecule has 1 aromatic rings. The Kier molecular flexibility index (Phi) is 4.97. The van der Waals surface area contributed by atoms with Gasteiger partial charge in [-0.3, -0.25) is 4.79 Å². The van der Waals surface area contributed by atoms with Gasteiger partial charge in [0, 0.05) is 17.7 Å². The zero-order chi connectivity index (χ0) is 13.7. The molecule has 0 saturated carbocycles. The summed E-state index contributed by atoms with van der Waals surface area (Å²) >= 11 is 0. The summed E-state index contributed by atoms with van der Waals surface area (Å²) in [5, 5.41) is 8.74. The quantitative estimate of drug-likeness (QED) is 0.809. The summed E-state index contributed by atoms with van der Waals surface area (Å²) in [6.45, 7) is 3.85.